The first-order valence-electron chi connectivity index (χ1n) is 10.9. The Labute approximate surface area is 187 Å². The Bertz CT molecular complexity index is 1350. The van der Waals surface area contributed by atoms with Gasteiger partial charge in [-0.2, -0.15) is 0 Å². The topological polar surface area (TPSA) is 73.9 Å². The first kappa shape index (κ1) is 20.4. The molecular formula is C26H27N5O. The molecule has 3 heterocycles. The molecule has 2 aromatic heterocycles. The minimum atomic E-state index is 0.00744. The highest BCUT2D eigenvalue weighted by atomic mass is 16.2. The lowest BCUT2D eigenvalue weighted by molar-refractivity contribution is 0.0827. The van der Waals surface area contributed by atoms with Crippen molar-refractivity contribution >= 4 is 17.1 Å². The smallest absolute Gasteiger partial charge is 0.253 e. The lowest BCUT2D eigenvalue weighted by Gasteiger charge is -2.20. The first-order chi connectivity index (χ1) is 15.4. The molecule has 32 heavy (non-hydrogen) atoms. The maximum Gasteiger partial charge on any atom is 0.253 e. The molecule has 0 aliphatic carbocycles. The van der Waals surface area contributed by atoms with Gasteiger partial charge in [-0.25, -0.2) is 9.97 Å². The number of H-pyrrole nitrogens is 1. The molecule has 2 aromatic carbocycles. The summed E-state index contributed by atoms with van der Waals surface area (Å²) in [6.07, 6.45) is 4.82. The van der Waals surface area contributed by atoms with Crippen LogP contribution < -0.4 is 5.32 Å². The van der Waals surface area contributed by atoms with Crippen LogP contribution in [-0.4, -0.2) is 46.4 Å². The van der Waals surface area contributed by atoms with Crippen molar-refractivity contribution in [2.75, 3.05) is 20.6 Å². The number of rotatable bonds is 3. The molecular weight excluding hydrogens is 398 g/mol. The number of aryl methyl sites for hydroxylation is 2. The van der Waals surface area contributed by atoms with Crippen LogP contribution in [0.1, 0.15) is 32.6 Å². The lowest BCUT2D eigenvalue weighted by Crippen LogP contribution is -2.24. The average molecular weight is 426 g/mol. The third-order valence-electron chi connectivity index (χ3n) is 6.29. The van der Waals surface area contributed by atoms with Gasteiger partial charge in [-0.3, -0.25) is 4.79 Å². The molecule has 1 aliphatic heterocycles. The number of benzene rings is 2. The van der Waals surface area contributed by atoms with Crippen molar-refractivity contribution in [3.05, 3.63) is 70.5 Å². The number of aromatic amines is 1. The van der Waals surface area contributed by atoms with Crippen LogP contribution in [0.5, 0.6) is 0 Å². The molecule has 0 spiro atoms. The summed E-state index contributed by atoms with van der Waals surface area (Å²) in [6.45, 7) is 6.08. The van der Waals surface area contributed by atoms with Crippen LogP contribution in [0.25, 0.3) is 33.5 Å². The number of fused-ring (bicyclic) bond motifs is 2. The molecule has 6 heteroatoms. The van der Waals surface area contributed by atoms with Crippen LogP contribution >= 0.6 is 0 Å². The zero-order valence-corrected chi connectivity index (χ0v) is 18.9. The molecule has 2 N–H and O–H groups in total. The zero-order chi connectivity index (χ0) is 22.4. The largest absolute Gasteiger partial charge is 0.345 e. The number of hydrogen-bond donors (Lipinski definition) is 2. The van der Waals surface area contributed by atoms with Crippen molar-refractivity contribution in [2.45, 2.75) is 26.8 Å². The summed E-state index contributed by atoms with van der Waals surface area (Å²) >= 11 is 0. The Morgan fingerprint density at radius 2 is 1.88 bits per heavy atom. The maximum absolute atomic E-state index is 12.4. The van der Waals surface area contributed by atoms with Gasteiger partial charge in [0.2, 0.25) is 0 Å². The zero-order valence-electron chi connectivity index (χ0n) is 18.9. The SMILES string of the molecule is Cc1cc(-c2c[nH]c3ncc(-c4cc(C)c5c(c4)CCNC5)nc23)ccc1C(=O)N(C)C. The summed E-state index contributed by atoms with van der Waals surface area (Å²) in [4.78, 5) is 26.9. The van der Waals surface area contributed by atoms with Crippen molar-refractivity contribution in [1.29, 1.82) is 0 Å². The van der Waals surface area contributed by atoms with E-state index in [1.165, 1.54) is 16.7 Å². The summed E-state index contributed by atoms with van der Waals surface area (Å²) in [6, 6.07) is 10.4. The molecule has 5 rings (SSSR count). The Balaban J connectivity index is 1.58. The van der Waals surface area contributed by atoms with E-state index in [1.807, 2.05) is 37.5 Å². The number of carbonyl (C=O) groups excluding carboxylic acids is 1. The summed E-state index contributed by atoms with van der Waals surface area (Å²) in [7, 11) is 3.54. The van der Waals surface area contributed by atoms with Crippen LogP contribution in [0.2, 0.25) is 0 Å². The number of amides is 1. The van der Waals surface area contributed by atoms with Gasteiger partial charge in [-0.1, -0.05) is 12.1 Å². The molecule has 0 saturated carbocycles. The highest BCUT2D eigenvalue weighted by Crippen LogP contribution is 2.31. The van der Waals surface area contributed by atoms with Gasteiger partial charge < -0.3 is 15.2 Å². The van der Waals surface area contributed by atoms with Gasteiger partial charge in [-0.05, 0) is 72.8 Å². The van der Waals surface area contributed by atoms with E-state index >= 15 is 0 Å². The van der Waals surface area contributed by atoms with Crippen molar-refractivity contribution in [1.82, 2.24) is 25.2 Å². The highest BCUT2D eigenvalue weighted by Gasteiger charge is 2.17. The normalized spacial score (nSPS) is 13.2. The van der Waals surface area contributed by atoms with E-state index in [0.717, 1.165) is 58.6 Å². The minimum absolute atomic E-state index is 0.00744. The van der Waals surface area contributed by atoms with E-state index in [-0.39, 0.29) is 5.91 Å². The number of aromatic nitrogens is 3. The van der Waals surface area contributed by atoms with E-state index in [1.54, 1.807) is 19.0 Å². The van der Waals surface area contributed by atoms with E-state index in [2.05, 4.69) is 34.3 Å². The van der Waals surface area contributed by atoms with E-state index < -0.39 is 0 Å². The van der Waals surface area contributed by atoms with Crippen LogP contribution in [0, 0.1) is 13.8 Å². The van der Waals surface area contributed by atoms with Crippen molar-refractivity contribution < 1.29 is 4.79 Å². The quantitative estimate of drug-likeness (QED) is 0.514. The molecule has 0 saturated heterocycles. The number of nitrogens with zero attached hydrogens (tertiary/aromatic N) is 3. The number of carbonyl (C=O) groups is 1. The Morgan fingerprint density at radius 1 is 1.06 bits per heavy atom. The highest BCUT2D eigenvalue weighted by molar-refractivity contribution is 5.97. The second kappa shape index (κ2) is 7.88. The molecule has 0 unspecified atom stereocenters. The molecule has 0 atom stereocenters. The van der Waals surface area contributed by atoms with E-state index in [9.17, 15) is 4.79 Å². The average Bonchev–Trinajstić information content (AvgIpc) is 3.22. The number of hydrogen-bond acceptors (Lipinski definition) is 4. The first-order valence-corrected chi connectivity index (χ1v) is 10.9. The molecule has 1 amide bonds. The van der Waals surface area contributed by atoms with Crippen molar-refractivity contribution in [2.24, 2.45) is 0 Å². The fourth-order valence-corrected chi connectivity index (χ4v) is 4.51. The summed E-state index contributed by atoms with van der Waals surface area (Å²) in [5, 5.41) is 3.45. The van der Waals surface area contributed by atoms with Crippen molar-refractivity contribution in [3.8, 4) is 22.4 Å². The molecule has 0 bridgehead atoms. The van der Waals surface area contributed by atoms with Gasteiger partial charge in [-0.15, -0.1) is 0 Å². The molecule has 162 valence electrons. The molecule has 6 nitrogen and oxygen atoms in total. The van der Waals surface area contributed by atoms with Gasteiger partial charge in [0.25, 0.3) is 5.91 Å². The Kier molecular flexibility index (Phi) is 5.02. The van der Waals surface area contributed by atoms with E-state index in [4.69, 9.17) is 4.98 Å². The van der Waals surface area contributed by atoms with Gasteiger partial charge in [0.05, 0.1) is 11.9 Å². The minimum Gasteiger partial charge on any atom is -0.345 e. The van der Waals surface area contributed by atoms with Crippen LogP contribution in [-0.2, 0) is 13.0 Å². The predicted molar refractivity (Wildman–Crippen MR) is 128 cm³/mol. The standard InChI is InChI=1S/C26H27N5O/c1-15-9-17(5-6-20(15)26(32)31(3)4)22-13-28-25-24(22)30-23(14-29-25)19-10-16(2)21-12-27-8-7-18(21)11-19/h5-6,9-11,13-14,27H,7-8,12H2,1-4H3,(H,28,29). The summed E-state index contributed by atoms with van der Waals surface area (Å²) in [5.74, 6) is 0.00744. The second-order valence-corrected chi connectivity index (χ2v) is 8.74. The van der Waals surface area contributed by atoms with Gasteiger partial charge in [0, 0.05) is 43.5 Å². The van der Waals surface area contributed by atoms with Gasteiger partial charge >= 0.3 is 0 Å². The third-order valence-corrected chi connectivity index (χ3v) is 6.29. The Morgan fingerprint density at radius 3 is 2.66 bits per heavy atom. The van der Waals surface area contributed by atoms with Crippen LogP contribution in [0.4, 0.5) is 0 Å². The fourth-order valence-electron chi connectivity index (χ4n) is 4.51. The van der Waals surface area contributed by atoms with Crippen molar-refractivity contribution in [3.63, 3.8) is 0 Å². The van der Waals surface area contributed by atoms with Crippen LogP contribution in [0.3, 0.4) is 0 Å². The fraction of sp³-hybridized carbons (Fsp3) is 0.269. The Hall–Kier alpha value is -3.51. The molecule has 0 fully saturated rings. The summed E-state index contributed by atoms with van der Waals surface area (Å²) < 4.78 is 0. The number of nitrogens with one attached hydrogen (secondary N) is 2. The second-order valence-electron chi connectivity index (χ2n) is 8.74. The molecule has 4 aromatic rings. The maximum atomic E-state index is 12.4. The summed E-state index contributed by atoms with van der Waals surface area (Å²) in [5.41, 5.74) is 11.3. The third kappa shape index (κ3) is 3.46. The van der Waals surface area contributed by atoms with Gasteiger partial charge in [0.15, 0.2) is 5.65 Å². The van der Waals surface area contributed by atoms with E-state index in [0.29, 0.717) is 5.56 Å². The molecule has 1 aliphatic rings. The van der Waals surface area contributed by atoms with Crippen LogP contribution in [0.15, 0.2) is 42.7 Å². The molecule has 0 radical (unpaired) electrons. The monoisotopic (exact) mass is 425 g/mol. The van der Waals surface area contributed by atoms with Gasteiger partial charge in [0.1, 0.15) is 5.52 Å². The lowest BCUT2D eigenvalue weighted by atomic mass is 9.93. The predicted octanol–water partition coefficient (Wildman–Crippen LogP) is 4.26.